The average Bonchev–Trinajstić information content (AvgIpc) is 2.48. The number of pyridine rings is 1. The van der Waals surface area contributed by atoms with Crippen molar-refractivity contribution >= 4 is 11.7 Å². The molecule has 1 rings (SSSR count). The van der Waals surface area contributed by atoms with E-state index in [2.05, 4.69) is 29.5 Å². The molecule has 0 bridgehead atoms. The number of anilines is 1. The molecule has 5 nitrogen and oxygen atoms in total. The molecular formula is C15H25N3O2. The number of nitrogens with zero attached hydrogens (tertiary/aromatic N) is 1. The average molecular weight is 279 g/mol. The summed E-state index contributed by atoms with van der Waals surface area (Å²) in [5.41, 5.74) is 0.618. The molecule has 0 atom stereocenters. The van der Waals surface area contributed by atoms with Crippen molar-refractivity contribution in [2.45, 2.75) is 33.1 Å². The maximum atomic E-state index is 11.9. The van der Waals surface area contributed by atoms with Gasteiger partial charge in [0.2, 0.25) is 0 Å². The van der Waals surface area contributed by atoms with E-state index in [1.54, 1.807) is 18.3 Å². The maximum Gasteiger partial charge on any atom is 0.251 e. The number of ether oxygens (including phenoxy) is 1. The van der Waals surface area contributed by atoms with Crippen LogP contribution in [0, 0.1) is 0 Å². The summed E-state index contributed by atoms with van der Waals surface area (Å²) in [6, 6.07) is 3.48. The lowest BCUT2D eigenvalue weighted by Gasteiger charge is -2.08. The van der Waals surface area contributed by atoms with Gasteiger partial charge in [0.25, 0.3) is 5.91 Å². The fourth-order valence-corrected chi connectivity index (χ4v) is 1.61. The zero-order chi connectivity index (χ0) is 14.6. The van der Waals surface area contributed by atoms with Crippen LogP contribution in [-0.2, 0) is 4.74 Å². The van der Waals surface area contributed by atoms with Gasteiger partial charge in [-0.25, -0.2) is 4.98 Å². The summed E-state index contributed by atoms with van der Waals surface area (Å²) in [5, 5.41) is 6.00. The molecule has 1 heterocycles. The second-order valence-electron chi connectivity index (χ2n) is 4.58. The lowest BCUT2D eigenvalue weighted by molar-refractivity contribution is 0.0912. The lowest BCUT2D eigenvalue weighted by Crippen LogP contribution is -2.27. The number of hydrogen-bond donors (Lipinski definition) is 2. The number of unbranched alkanes of at least 4 members (excludes halogenated alkanes) is 1. The normalized spacial score (nSPS) is 10.3. The Bertz CT molecular complexity index is 396. The molecule has 1 amide bonds. The van der Waals surface area contributed by atoms with Crippen LogP contribution in [0.1, 0.15) is 43.5 Å². The highest BCUT2D eigenvalue weighted by Crippen LogP contribution is 2.06. The Kier molecular flexibility index (Phi) is 8.38. The molecule has 0 aliphatic rings. The number of hydrogen-bond acceptors (Lipinski definition) is 4. The Labute approximate surface area is 121 Å². The Morgan fingerprint density at radius 3 is 2.85 bits per heavy atom. The summed E-state index contributed by atoms with van der Waals surface area (Å²) < 4.78 is 5.40. The van der Waals surface area contributed by atoms with Crippen molar-refractivity contribution in [1.82, 2.24) is 10.3 Å². The first-order valence-electron chi connectivity index (χ1n) is 7.33. The number of rotatable bonds is 10. The second-order valence-corrected chi connectivity index (χ2v) is 4.58. The predicted octanol–water partition coefficient (Wildman–Crippen LogP) is 2.45. The van der Waals surface area contributed by atoms with Crippen molar-refractivity contribution in [2.75, 3.05) is 31.6 Å². The highest BCUT2D eigenvalue weighted by Gasteiger charge is 2.05. The lowest BCUT2D eigenvalue weighted by atomic mass is 10.2. The fraction of sp³-hybridized carbons (Fsp3) is 0.600. The highest BCUT2D eigenvalue weighted by molar-refractivity contribution is 5.94. The molecule has 0 aromatic carbocycles. The molecule has 20 heavy (non-hydrogen) atoms. The Morgan fingerprint density at radius 2 is 2.10 bits per heavy atom. The van der Waals surface area contributed by atoms with Gasteiger partial charge >= 0.3 is 0 Å². The van der Waals surface area contributed by atoms with Crippen LogP contribution in [0.25, 0.3) is 0 Å². The van der Waals surface area contributed by atoms with E-state index in [0.29, 0.717) is 18.7 Å². The minimum Gasteiger partial charge on any atom is -0.380 e. The zero-order valence-corrected chi connectivity index (χ0v) is 12.4. The van der Waals surface area contributed by atoms with Gasteiger partial charge in [0.1, 0.15) is 5.82 Å². The molecule has 112 valence electrons. The number of carbonyl (C=O) groups excluding carboxylic acids is 1. The van der Waals surface area contributed by atoms with Gasteiger partial charge in [-0.3, -0.25) is 4.79 Å². The van der Waals surface area contributed by atoms with Crippen molar-refractivity contribution in [3.63, 3.8) is 0 Å². The van der Waals surface area contributed by atoms with Crippen molar-refractivity contribution in [3.8, 4) is 0 Å². The summed E-state index contributed by atoms with van der Waals surface area (Å²) in [6.45, 7) is 6.90. The molecule has 0 aliphatic carbocycles. The molecule has 0 radical (unpaired) electrons. The first kappa shape index (κ1) is 16.4. The third-order valence-corrected chi connectivity index (χ3v) is 2.75. The third-order valence-electron chi connectivity index (χ3n) is 2.75. The van der Waals surface area contributed by atoms with E-state index in [9.17, 15) is 4.79 Å². The van der Waals surface area contributed by atoms with Crippen molar-refractivity contribution in [2.24, 2.45) is 0 Å². The van der Waals surface area contributed by atoms with Gasteiger partial charge in [0.05, 0.1) is 6.61 Å². The molecule has 2 N–H and O–H groups in total. The van der Waals surface area contributed by atoms with E-state index in [1.807, 2.05) is 0 Å². The van der Waals surface area contributed by atoms with Gasteiger partial charge in [0.15, 0.2) is 0 Å². The van der Waals surface area contributed by atoms with Gasteiger partial charge in [0, 0.05) is 31.5 Å². The quantitative estimate of drug-likeness (QED) is 0.646. The fourth-order valence-electron chi connectivity index (χ4n) is 1.61. The van der Waals surface area contributed by atoms with E-state index < -0.39 is 0 Å². The van der Waals surface area contributed by atoms with Crippen LogP contribution < -0.4 is 10.6 Å². The summed E-state index contributed by atoms with van der Waals surface area (Å²) in [4.78, 5) is 16.1. The highest BCUT2D eigenvalue weighted by atomic mass is 16.5. The van der Waals surface area contributed by atoms with Crippen LogP contribution in [0.5, 0.6) is 0 Å². The van der Waals surface area contributed by atoms with E-state index in [4.69, 9.17) is 4.74 Å². The predicted molar refractivity (Wildman–Crippen MR) is 81.1 cm³/mol. The Hall–Kier alpha value is -1.62. The monoisotopic (exact) mass is 279 g/mol. The van der Waals surface area contributed by atoms with Gasteiger partial charge in [-0.1, -0.05) is 20.3 Å². The first-order chi connectivity index (χ1) is 9.77. The molecule has 0 saturated carbocycles. The van der Waals surface area contributed by atoms with Crippen LogP contribution in [0.15, 0.2) is 18.3 Å². The molecule has 0 spiro atoms. The number of carbonyl (C=O) groups is 1. The summed E-state index contributed by atoms with van der Waals surface area (Å²) in [6.07, 6.45) is 4.85. The van der Waals surface area contributed by atoms with Gasteiger partial charge in [-0.15, -0.1) is 0 Å². The molecule has 1 aromatic rings. The Balaban J connectivity index is 2.31. The van der Waals surface area contributed by atoms with E-state index in [1.165, 1.54) is 0 Å². The van der Waals surface area contributed by atoms with Crippen molar-refractivity contribution in [3.05, 3.63) is 23.9 Å². The van der Waals surface area contributed by atoms with E-state index in [-0.39, 0.29) is 5.91 Å². The third kappa shape index (κ3) is 6.52. The largest absolute Gasteiger partial charge is 0.380 e. The molecular weight excluding hydrogens is 254 g/mol. The van der Waals surface area contributed by atoms with Crippen LogP contribution in [0.3, 0.4) is 0 Å². The molecule has 0 aliphatic heterocycles. The minimum atomic E-state index is -0.0916. The maximum absolute atomic E-state index is 11.9. The molecule has 1 aromatic heterocycles. The number of nitrogens with one attached hydrogen (secondary N) is 2. The SMILES string of the molecule is CCCCOCCNC(=O)c1ccnc(NCCC)c1. The van der Waals surface area contributed by atoms with Crippen LogP contribution >= 0.6 is 0 Å². The van der Waals surface area contributed by atoms with Crippen LogP contribution in [-0.4, -0.2) is 37.2 Å². The summed E-state index contributed by atoms with van der Waals surface area (Å²) in [5.74, 6) is 0.643. The zero-order valence-electron chi connectivity index (χ0n) is 12.4. The molecule has 0 fully saturated rings. The van der Waals surface area contributed by atoms with Crippen molar-refractivity contribution < 1.29 is 9.53 Å². The molecule has 0 unspecified atom stereocenters. The van der Waals surface area contributed by atoms with Gasteiger partial charge in [-0.2, -0.15) is 0 Å². The topological polar surface area (TPSA) is 63.2 Å². The Morgan fingerprint density at radius 1 is 1.25 bits per heavy atom. The van der Waals surface area contributed by atoms with Crippen LogP contribution in [0.4, 0.5) is 5.82 Å². The van der Waals surface area contributed by atoms with Gasteiger partial charge in [-0.05, 0) is 25.0 Å². The number of aromatic nitrogens is 1. The van der Waals surface area contributed by atoms with Crippen molar-refractivity contribution in [1.29, 1.82) is 0 Å². The summed E-state index contributed by atoms with van der Waals surface area (Å²) in [7, 11) is 0. The number of amides is 1. The standard InChI is InChI=1S/C15H25N3O2/c1-3-5-10-20-11-9-18-15(19)13-6-8-17-14(12-13)16-7-4-2/h6,8,12H,3-5,7,9-11H2,1-2H3,(H,16,17)(H,18,19). The summed E-state index contributed by atoms with van der Waals surface area (Å²) >= 11 is 0. The molecule has 5 heteroatoms. The minimum absolute atomic E-state index is 0.0916. The molecule has 0 saturated heterocycles. The van der Waals surface area contributed by atoms with Gasteiger partial charge < -0.3 is 15.4 Å². The first-order valence-corrected chi connectivity index (χ1v) is 7.33. The van der Waals surface area contributed by atoms with Crippen LogP contribution in [0.2, 0.25) is 0 Å². The smallest absolute Gasteiger partial charge is 0.251 e. The second kappa shape index (κ2) is 10.2. The van der Waals surface area contributed by atoms with E-state index >= 15 is 0 Å². The van der Waals surface area contributed by atoms with E-state index in [0.717, 1.165) is 38.2 Å².